The smallest absolute Gasteiger partial charge is 0.0771 e. The minimum atomic E-state index is 0.402. The number of rotatable bonds is 4. The normalized spacial score (nSPS) is 20.7. The van der Waals surface area contributed by atoms with Gasteiger partial charge in [-0.25, -0.2) is 0 Å². The van der Waals surface area contributed by atoms with Gasteiger partial charge < -0.3 is 5.73 Å². The standard InChI is InChI=1S/C16H24N2S/c1-12(2)14-7-5-13(6-8-14)10-18-9-3-4-15(11-18)16(17)19/h5-8,12,15H,3-4,9-11H2,1-2H3,(H2,17,19). The Morgan fingerprint density at radius 3 is 2.63 bits per heavy atom. The van der Waals surface area contributed by atoms with E-state index in [2.05, 4.69) is 43.0 Å². The molecule has 1 aromatic rings. The van der Waals surface area contributed by atoms with E-state index in [0.29, 0.717) is 16.8 Å². The summed E-state index contributed by atoms with van der Waals surface area (Å²) in [5.74, 6) is 1.00. The van der Waals surface area contributed by atoms with Crippen LogP contribution in [0.1, 0.15) is 43.7 Å². The van der Waals surface area contributed by atoms with Gasteiger partial charge >= 0.3 is 0 Å². The van der Waals surface area contributed by atoms with Gasteiger partial charge in [-0.1, -0.05) is 50.3 Å². The highest BCUT2D eigenvalue weighted by Gasteiger charge is 2.21. The molecule has 2 nitrogen and oxygen atoms in total. The van der Waals surface area contributed by atoms with Crippen LogP contribution in [0.15, 0.2) is 24.3 Å². The van der Waals surface area contributed by atoms with Gasteiger partial charge in [0, 0.05) is 19.0 Å². The van der Waals surface area contributed by atoms with E-state index in [9.17, 15) is 0 Å². The molecule has 0 bridgehead atoms. The molecule has 1 aliphatic rings. The first kappa shape index (κ1) is 14.5. The van der Waals surface area contributed by atoms with Gasteiger partial charge in [-0.15, -0.1) is 0 Å². The number of nitrogens with zero attached hydrogens (tertiary/aromatic N) is 1. The first-order valence-electron chi connectivity index (χ1n) is 7.16. The van der Waals surface area contributed by atoms with Gasteiger partial charge in [0.05, 0.1) is 4.99 Å². The summed E-state index contributed by atoms with van der Waals surface area (Å²) in [6.07, 6.45) is 2.35. The van der Waals surface area contributed by atoms with Crippen molar-refractivity contribution in [1.82, 2.24) is 4.90 Å². The second-order valence-electron chi connectivity index (χ2n) is 5.87. The quantitative estimate of drug-likeness (QED) is 0.856. The van der Waals surface area contributed by atoms with Crippen molar-refractivity contribution < 1.29 is 0 Å². The number of likely N-dealkylation sites (tertiary alicyclic amines) is 1. The number of nitrogens with two attached hydrogens (primary N) is 1. The highest BCUT2D eigenvalue weighted by molar-refractivity contribution is 7.80. The molecule has 0 amide bonds. The summed E-state index contributed by atoms with van der Waals surface area (Å²) >= 11 is 5.13. The first-order chi connectivity index (χ1) is 9.06. The van der Waals surface area contributed by atoms with Crippen LogP contribution >= 0.6 is 12.2 Å². The van der Waals surface area contributed by atoms with Gasteiger partial charge in [0.15, 0.2) is 0 Å². The fourth-order valence-corrected chi connectivity index (χ4v) is 2.89. The van der Waals surface area contributed by atoms with E-state index in [1.165, 1.54) is 17.5 Å². The Bertz CT molecular complexity index is 425. The lowest BCUT2D eigenvalue weighted by Crippen LogP contribution is -2.39. The van der Waals surface area contributed by atoms with Crippen molar-refractivity contribution in [3.63, 3.8) is 0 Å². The van der Waals surface area contributed by atoms with Crippen LogP contribution < -0.4 is 5.73 Å². The summed E-state index contributed by atoms with van der Waals surface area (Å²) in [7, 11) is 0. The Labute approximate surface area is 122 Å². The summed E-state index contributed by atoms with van der Waals surface area (Å²) in [4.78, 5) is 3.15. The molecule has 0 spiro atoms. The summed E-state index contributed by atoms with van der Waals surface area (Å²) in [6.45, 7) is 7.64. The zero-order valence-electron chi connectivity index (χ0n) is 11.9. The van der Waals surface area contributed by atoms with E-state index >= 15 is 0 Å². The Morgan fingerprint density at radius 1 is 1.37 bits per heavy atom. The number of hydrogen-bond acceptors (Lipinski definition) is 2. The molecular weight excluding hydrogens is 252 g/mol. The third-order valence-electron chi connectivity index (χ3n) is 3.96. The monoisotopic (exact) mass is 276 g/mol. The molecule has 19 heavy (non-hydrogen) atoms. The van der Waals surface area contributed by atoms with Crippen LogP contribution in [0.3, 0.4) is 0 Å². The molecule has 0 aliphatic carbocycles. The maximum absolute atomic E-state index is 5.78. The lowest BCUT2D eigenvalue weighted by atomic mass is 9.97. The first-order valence-corrected chi connectivity index (χ1v) is 7.57. The maximum Gasteiger partial charge on any atom is 0.0771 e. The van der Waals surface area contributed by atoms with Crippen LogP contribution in [0.4, 0.5) is 0 Å². The Hall–Kier alpha value is -0.930. The molecule has 2 N–H and O–H groups in total. The fourth-order valence-electron chi connectivity index (χ4n) is 2.70. The minimum absolute atomic E-state index is 0.402. The average Bonchev–Trinajstić information content (AvgIpc) is 2.39. The van der Waals surface area contributed by atoms with E-state index in [1.54, 1.807) is 0 Å². The van der Waals surface area contributed by atoms with Crippen LogP contribution in [-0.4, -0.2) is 23.0 Å². The highest BCUT2D eigenvalue weighted by atomic mass is 32.1. The van der Waals surface area contributed by atoms with Gasteiger partial charge in [0.1, 0.15) is 0 Å². The van der Waals surface area contributed by atoms with Crippen LogP contribution in [-0.2, 0) is 6.54 Å². The van der Waals surface area contributed by atoms with Crippen molar-refractivity contribution in [2.45, 2.75) is 39.2 Å². The van der Waals surface area contributed by atoms with E-state index in [4.69, 9.17) is 18.0 Å². The summed E-state index contributed by atoms with van der Waals surface area (Å²) in [6, 6.07) is 8.99. The number of thiocarbonyl (C=S) groups is 1. The second-order valence-corrected chi connectivity index (χ2v) is 6.34. The molecule has 1 aromatic carbocycles. The zero-order valence-corrected chi connectivity index (χ0v) is 12.7. The van der Waals surface area contributed by atoms with Crippen molar-refractivity contribution in [2.24, 2.45) is 11.7 Å². The average molecular weight is 276 g/mol. The van der Waals surface area contributed by atoms with E-state index in [-0.39, 0.29) is 0 Å². The van der Waals surface area contributed by atoms with Crippen molar-refractivity contribution in [2.75, 3.05) is 13.1 Å². The molecule has 2 rings (SSSR count). The van der Waals surface area contributed by atoms with Crippen molar-refractivity contribution in [3.8, 4) is 0 Å². The molecule has 0 saturated carbocycles. The number of hydrogen-bond donors (Lipinski definition) is 1. The van der Waals surface area contributed by atoms with Gasteiger partial charge in [0.25, 0.3) is 0 Å². The van der Waals surface area contributed by atoms with Crippen LogP contribution in [0.2, 0.25) is 0 Å². The lowest BCUT2D eigenvalue weighted by Gasteiger charge is -2.32. The predicted octanol–water partition coefficient (Wildman–Crippen LogP) is 3.31. The van der Waals surface area contributed by atoms with E-state index in [0.717, 1.165) is 26.1 Å². The Morgan fingerprint density at radius 2 is 2.05 bits per heavy atom. The maximum atomic E-state index is 5.78. The molecule has 0 aromatic heterocycles. The van der Waals surface area contributed by atoms with E-state index < -0.39 is 0 Å². The minimum Gasteiger partial charge on any atom is -0.393 e. The fraction of sp³-hybridized carbons (Fsp3) is 0.562. The highest BCUT2D eigenvalue weighted by Crippen LogP contribution is 2.20. The molecule has 3 heteroatoms. The molecule has 1 unspecified atom stereocenters. The Balaban J connectivity index is 1.95. The molecule has 1 fully saturated rings. The van der Waals surface area contributed by atoms with Crippen molar-refractivity contribution in [1.29, 1.82) is 0 Å². The lowest BCUT2D eigenvalue weighted by molar-refractivity contribution is 0.197. The van der Waals surface area contributed by atoms with Gasteiger partial charge in [0.2, 0.25) is 0 Å². The van der Waals surface area contributed by atoms with Crippen molar-refractivity contribution >= 4 is 17.2 Å². The molecule has 1 heterocycles. The van der Waals surface area contributed by atoms with Gasteiger partial charge in [-0.2, -0.15) is 0 Å². The molecular formula is C16H24N2S. The summed E-state index contributed by atoms with van der Waals surface area (Å²) in [5, 5.41) is 0. The molecule has 1 saturated heterocycles. The van der Waals surface area contributed by atoms with Gasteiger partial charge in [-0.05, 0) is 36.4 Å². The summed E-state index contributed by atoms with van der Waals surface area (Å²) in [5.41, 5.74) is 8.57. The zero-order chi connectivity index (χ0) is 13.8. The Kier molecular flexibility index (Phi) is 4.94. The van der Waals surface area contributed by atoms with Crippen LogP contribution in [0.25, 0.3) is 0 Å². The van der Waals surface area contributed by atoms with Gasteiger partial charge in [-0.3, -0.25) is 4.90 Å². The second kappa shape index (κ2) is 6.49. The number of piperidine rings is 1. The predicted molar refractivity (Wildman–Crippen MR) is 85.3 cm³/mol. The molecule has 104 valence electrons. The van der Waals surface area contributed by atoms with Crippen molar-refractivity contribution in [3.05, 3.63) is 35.4 Å². The van der Waals surface area contributed by atoms with Crippen LogP contribution in [0, 0.1) is 5.92 Å². The largest absolute Gasteiger partial charge is 0.393 e. The SMILES string of the molecule is CC(C)c1ccc(CN2CCCC(C(N)=S)C2)cc1. The van der Waals surface area contributed by atoms with Crippen LogP contribution in [0.5, 0.6) is 0 Å². The topological polar surface area (TPSA) is 29.3 Å². The molecule has 1 atom stereocenters. The third-order valence-corrected chi connectivity index (χ3v) is 4.29. The van der Waals surface area contributed by atoms with E-state index in [1.807, 2.05) is 0 Å². The molecule has 0 radical (unpaired) electrons. The third kappa shape index (κ3) is 4.02. The molecule has 1 aliphatic heterocycles. The number of benzene rings is 1. The summed E-state index contributed by atoms with van der Waals surface area (Å²) < 4.78 is 0.